The van der Waals surface area contributed by atoms with Gasteiger partial charge >= 0.3 is 0 Å². The molecule has 1 atom stereocenters. The van der Waals surface area contributed by atoms with E-state index in [2.05, 4.69) is 107 Å². The van der Waals surface area contributed by atoms with Crippen LogP contribution in [0.3, 0.4) is 0 Å². The van der Waals surface area contributed by atoms with Gasteiger partial charge in [0.2, 0.25) is 0 Å². The van der Waals surface area contributed by atoms with Gasteiger partial charge in [-0.3, -0.25) is 0 Å². The van der Waals surface area contributed by atoms with Crippen LogP contribution in [0.25, 0.3) is 0 Å². The zero-order valence-corrected chi connectivity index (χ0v) is 14.8. The normalized spacial score (nSPS) is 14.2. The monoisotopic (exact) mass is 304 g/mol. The molecule has 0 radical (unpaired) electrons. The highest BCUT2D eigenvalue weighted by Gasteiger charge is 2.30. The fourth-order valence-electron chi connectivity index (χ4n) is 3.18. The molecule has 0 saturated heterocycles. The molecule has 0 heterocycles. The SMILES string of the molecule is C/C=C\CC(C)/C=C(\C)C(C)(c1ccccc1)c1ccccc1. The molecule has 0 fully saturated rings. The second-order valence-electron chi connectivity index (χ2n) is 6.49. The van der Waals surface area contributed by atoms with Crippen molar-refractivity contribution < 1.29 is 0 Å². The molecule has 1 unspecified atom stereocenters. The first-order valence-corrected chi connectivity index (χ1v) is 8.50. The molecule has 0 saturated carbocycles. The zero-order valence-electron chi connectivity index (χ0n) is 14.8. The molecule has 0 heteroatoms. The van der Waals surface area contributed by atoms with Gasteiger partial charge in [0.1, 0.15) is 0 Å². The summed E-state index contributed by atoms with van der Waals surface area (Å²) in [5, 5.41) is 0. The first-order valence-electron chi connectivity index (χ1n) is 8.50. The quantitative estimate of drug-likeness (QED) is 0.531. The van der Waals surface area contributed by atoms with Gasteiger partial charge in [0.15, 0.2) is 0 Å². The van der Waals surface area contributed by atoms with Gasteiger partial charge in [-0.15, -0.1) is 0 Å². The molecule has 0 aliphatic rings. The van der Waals surface area contributed by atoms with Crippen molar-refractivity contribution >= 4 is 0 Å². The predicted molar refractivity (Wildman–Crippen MR) is 102 cm³/mol. The molecule has 23 heavy (non-hydrogen) atoms. The zero-order chi connectivity index (χ0) is 16.7. The molecule has 120 valence electrons. The highest BCUT2D eigenvalue weighted by Crippen LogP contribution is 2.39. The number of benzene rings is 2. The second-order valence-corrected chi connectivity index (χ2v) is 6.49. The van der Waals surface area contributed by atoms with Gasteiger partial charge in [-0.05, 0) is 44.2 Å². The van der Waals surface area contributed by atoms with Gasteiger partial charge in [0.25, 0.3) is 0 Å². The first-order chi connectivity index (χ1) is 11.1. The van der Waals surface area contributed by atoms with Crippen LogP contribution in [0.4, 0.5) is 0 Å². The number of hydrogen-bond donors (Lipinski definition) is 0. The van der Waals surface area contributed by atoms with Gasteiger partial charge in [-0.1, -0.05) is 91.4 Å². The summed E-state index contributed by atoms with van der Waals surface area (Å²) in [6.07, 6.45) is 7.90. The molecule has 0 spiro atoms. The molecule has 0 aromatic heterocycles. The molecule has 2 aromatic carbocycles. The number of allylic oxidation sites excluding steroid dienone is 4. The van der Waals surface area contributed by atoms with Gasteiger partial charge < -0.3 is 0 Å². The van der Waals surface area contributed by atoms with E-state index in [1.54, 1.807) is 0 Å². The van der Waals surface area contributed by atoms with Crippen molar-refractivity contribution in [2.75, 3.05) is 0 Å². The predicted octanol–water partition coefficient (Wildman–Crippen LogP) is 6.54. The lowest BCUT2D eigenvalue weighted by atomic mass is 9.70. The topological polar surface area (TPSA) is 0 Å². The Morgan fingerprint density at radius 3 is 1.87 bits per heavy atom. The Labute approximate surface area is 141 Å². The maximum Gasteiger partial charge on any atom is 0.0380 e. The van der Waals surface area contributed by atoms with E-state index in [0.717, 1.165) is 6.42 Å². The summed E-state index contributed by atoms with van der Waals surface area (Å²) in [6, 6.07) is 21.6. The van der Waals surface area contributed by atoms with Crippen LogP contribution in [0.15, 0.2) is 84.5 Å². The fraction of sp³-hybridized carbons (Fsp3) is 0.304. The van der Waals surface area contributed by atoms with Gasteiger partial charge in [0, 0.05) is 5.41 Å². The van der Waals surface area contributed by atoms with E-state index >= 15 is 0 Å². The van der Waals surface area contributed by atoms with E-state index in [1.807, 2.05) is 0 Å². The molecule has 0 aliphatic carbocycles. The molecule has 0 N–H and O–H groups in total. The maximum atomic E-state index is 2.43. The Morgan fingerprint density at radius 2 is 1.43 bits per heavy atom. The van der Waals surface area contributed by atoms with E-state index < -0.39 is 0 Å². The van der Waals surface area contributed by atoms with Crippen molar-refractivity contribution in [3.05, 3.63) is 95.6 Å². The van der Waals surface area contributed by atoms with Crippen LogP contribution in [0.1, 0.15) is 45.2 Å². The third kappa shape index (κ3) is 4.01. The largest absolute Gasteiger partial charge is 0.0916 e. The molecule has 0 amide bonds. The van der Waals surface area contributed by atoms with E-state index in [-0.39, 0.29) is 5.41 Å². The Kier molecular flexibility index (Phi) is 5.98. The Morgan fingerprint density at radius 1 is 0.957 bits per heavy atom. The summed E-state index contributed by atoms with van der Waals surface area (Å²) in [7, 11) is 0. The average molecular weight is 304 g/mol. The molecule has 0 aliphatic heterocycles. The van der Waals surface area contributed by atoms with Crippen molar-refractivity contribution in [1.82, 2.24) is 0 Å². The Hall–Kier alpha value is -2.08. The van der Waals surface area contributed by atoms with Crippen LogP contribution in [-0.4, -0.2) is 0 Å². The molecule has 2 aromatic rings. The minimum absolute atomic E-state index is 0.0906. The summed E-state index contributed by atoms with van der Waals surface area (Å²) in [5.41, 5.74) is 4.01. The molecule has 0 nitrogen and oxygen atoms in total. The number of rotatable bonds is 6. The van der Waals surface area contributed by atoms with Crippen molar-refractivity contribution in [3.8, 4) is 0 Å². The highest BCUT2D eigenvalue weighted by atomic mass is 14.3. The minimum Gasteiger partial charge on any atom is -0.0916 e. The molecule has 0 bridgehead atoms. The smallest absolute Gasteiger partial charge is 0.0380 e. The van der Waals surface area contributed by atoms with E-state index in [9.17, 15) is 0 Å². The summed E-state index contributed by atoms with van der Waals surface area (Å²) in [4.78, 5) is 0. The molecule has 2 rings (SSSR count). The average Bonchev–Trinajstić information content (AvgIpc) is 2.60. The van der Waals surface area contributed by atoms with Crippen LogP contribution >= 0.6 is 0 Å². The van der Waals surface area contributed by atoms with Crippen molar-refractivity contribution in [2.45, 2.75) is 39.5 Å². The third-order valence-electron chi connectivity index (χ3n) is 4.77. The summed E-state index contributed by atoms with van der Waals surface area (Å²) in [5.74, 6) is 0.540. The lowest BCUT2D eigenvalue weighted by Gasteiger charge is -2.33. The van der Waals surface area contributed by atoms with Gasteiger partial charge in [-0.25, -0.2) is 0 Å². The lowest BCUT2D eigenvalue weighted by Crippen LogP contribution is -2.25. The van der Waals surface area contributed by atoms with Crippen LogP contribution in [0, 0.1) is 5.92 Å². The molecular formula is C23H28. The van der Waals surface area contributed by atoms with E-state index in [1.165, 1.54) is 16.7 Å². The Bertz CT molecular complexity index is 607. The Balaban J connectivity index is 2.48. The van der Waals surface area contributed by atoms with Crippen molar-refractivity contribution in [3.63, 3.8) is 0 Å². The van der Waals surface area contributed by atoms with E-state index in [0.29, 0.717) is 5.92 Å². The fourth-order valence-corrected chi connectivity index (χ4v) is 3.18. The van der Waals surface area contributed by atoms with Crippen LogP contribution in [-0.2, 0) is 5.41 Å². The second kappa shape index (κ2) is 7.97. The van der Waals surface area contributed by atoms with E-state index in [4.69, 9.17) is 0 Å². The summed E-state index contributed by atoms with van der Waals surface area (Å²) < 4.78 is 0. The van der Waals surface area contributed by atoms with Gasteiger partial charge in [-0.2, -0.15) is 0 Å². The van der Waals surface area contributed by atoms with Crippen LogP contribution in [0.2, 0.25) is 0 Å². The third-order valence-corrected chi connectivity index (χ3v) is 4.77. The molecular weight excluding hydrogens is 276 g/mol. The standard InChI is InChI=1S/C23H28/c1-5-6-13-19(2)18-20(3)23(4,21-14-9-7-10-15-21)22-16-11-8-12-17-22/h5-12,14-19H,13H2,1-4H3/b6-5-,20-18+. The van der Waals surface area contributed by atoms with Crippen LogP contribution in [0.5, 0.6) is 0 Å². The summed E-state index contributed by atoms with van der Waals surface area (Å²) in [6.45, 7) is 8.99. The van der Waals surface area contributed by atoms with Crippen molar-refractivity contribution in [1.29, 1.82) is 0 Å². The van der Waals surface area contributed by atoms with Gasteiger partial charge in [0.05, 0.1) is 0 Å². The summed E-state index contributed by atoms with van der Waals surface area (Å²) >= 11 is 0. The minimum atomic E-state index is -0.0906. The highest BCUT2D eigenvalue weighted by molar-refractivity contribution is 5.47. The number of hydrogen-bond acceptors (Lipinski definition) is 0. The van der Waals surface area contributed by atoms with Crippen molar-refractivity contribution in [2.24, 2.45) is 5.92 Å². The maximum absolute atomic E-state index is 2.43. The van der Waals surface area contributed by atoms with Crippen LogP contribution < -0.4 is 0 Å². The first kappa shape index (κ1) is 17.3. The lowest BCUT2D eigenvalue weighted by molar-refractivity contribution is 0.645.